The minimum Gasteiger partial charge on any atom is -0.495 e. The molecular formula is C25H26N2O7S. The third-order valence-corrected chi connectivity index (χ3v) is 7.58. The number of fused-ring (bicyclic) bond motifs is 1. The van der Waals surface area contributed by atoms with Gasteiger partial charge in [0, 0.05) is 18.8 Å². The Morgan fingerprint density at radius 3 is 2.43 bits per heavy atom. The Hall–Kier alpha value is -3.47. The Balaban J connectivity index is 1.48. The molecule has 0 bridgehead atoms. The summed E-state index contributed by atoms with van der Waals surface area (Å²) in [7, 11) is -2.57. The Bertz CT molecular complexity index is 1350. The molecule has 1 amide bonds. The highest BCUT2D eigenvalue weighted by atomic mass is 32.2. The quantitative estimate of drug-likeness (QED) is 0.499. The lowest BCUT2D eigenvalue weighted by molar-refractivity contribution is -0.123. The largest absolute Gasteiger partial charge is 0.495 e. The molecule has 0 saturated carbocycles. The number of hydrogen-bond acceptors (Lipinski definition) is 7. The van der Waals surface area contributed by atoms with Crippen LogP contribution < -0.4 is 10.1 Å². The molecule has 1 N–H and O–H groups in total. The van der Waals surface area contributed by atoms with E-state index in [1.807, 2.05) is 36.4 Å². The molecule has 1 aliphatic rings. The van der Waals surface area contributed by atoms with E-state index in [1.54, 1.807) is 6.07 Å². The van der Waals surface area contributed by atoms with Gasteiger partial charge >= 0.3 is 5.97 Å². The molecule has 9 nitrogen and oxygen atoms in total. The van der Waals surface area contributed by atoms with Gasteiger partial charge in [0.25, 0.3) is 5.91 Å². The number of esters is 1. The summed E-state index contributed by atoms with van der Waals surface area (Å²) in [6, 6.07) is 17.2. The predicted molar refractivity (Wildman–Crippen MR) is 130 cm³/mol. The molecule has 1 atom stereocenters. The normalized spacial score (nSPS) is 15.4. The van der Waals surface area contributed by atoms with Crippen molar-refractivity contribution in [1.82, 2.24) is 4.31 Å². The molecule has 4 rings (SSSR count). The first-order valence-corrected chi connectivity index (χ1v) is 12.5. The van der Waals surface area contributed by atoms with Gasteiger partial charge in [0.2, 0.25) is 10.0 Å². The van der Waals surface area contributed by atoms with Crippen LogP contribution in [0.4, 0.5) is 5.69 Å². The van der Waals surface area contributed by atoms with Gasteiger partial charge in [-0.1, -0.05) is 30.3 Å². The second-order valence-electron chi connectivity index (χ2n) is 7.98. The zero-order chi connectivity index (χ0) is 25.0. The summed E-state index contributed by atoms with van der Waals surface area (Å²) in [5.74, 6) is -1.23. The number of carbonyl (C=O) groups is 2. The summed E-state index contributed by atoms with van der Waals surface area (Å²) in [6.45, 7) is 2.42. The molecule has 0 aliphatic carbocycles. The zero-order valence-corrected chi connectivity index (χ0v) is 20.2. The van der Waals surface area contributed by atoms with Gasteiger partial charge in [-0.15, -0.1) is 0 Å². The fourth-order valence-corrected chi connectivity index (χ4v) is 5.31. The molecule has 1 unspecified atom stereocenters. The molecule has 10 heteroatoms. The van der Waals surface area contributed by atoms with Crippen molar-refractivity contribution in [3.05, 3.63) is 66.2 Å². The van der Waals surface area contributed by atoms with Gasteiger partial charge in [0.05, 0.1) is 25.9 Å². The number of hydrogen-bond donors (Lipinski definition) is 1. The van der Waals surface area contributed by atoms with Crippen LogP contribution in [-0.2, 0) is 24.3 Å². The van der Waals surface area contributed by atoms with Gasteiger partial charge < -0.3 is 19.5 Å². The lowest BCUT2D eigenvalue weighted by Crippen LogP contribution is -2.40. The Kier molecular flexibility index (Phi) is 7.34. The molecule has 0 radical (unpaired) electrons. The highest BCUT2D eigenvalue weighted by molar-refractivity contribution is 7.89. The summed E-state index contributed by atoms with van der Waals surface area (Å²) >= 11 is 0. The first-order valence-electron chi connectivity index (χ1n) is 11.1. The molecule has 3 aromatic carbocycles. The summed E-state index contributed by atoms with van der Waals surface area (Å²) in [4.78, 5) is 25.2. The average molecular weight is 499 g/mol. The molecule has 1 saturated heterocycles. The van der Waals surface area contributed by atoms with Crippen molar-refractivity contribution >= 4 is 38.4 Å². The highest BCUT2D eigenvalue weighted by Crippen LogP contribution is 2.29. The molecule has 184 valence electrons. The number of methoxy groups -OCH3 is 1. The second kappa shape index (κ2) is 10.4. The minimum atomic E-state index is -3.92. The molecule has 1 aliphatic heterocycles. The smallest absolute Gasteiger partial charge is 0.338 e. The molecule has 0 spiro atoms. The monoisotopic (exact) mass is 498 g/mol. The number of ether oxygens (including phenoxy) is 3. The van der Waals surface area contributed by atoms with E-state index in [9.17, 15) is 18.0 Å². The van der Waals surface area contributed by atoms with Crippen molar-refractivity contribution in [2.24, 2.45) is 0 Å². The summed E-state index contributed by atoms with van der Waals surface area (Å²) in [5, 5.41) is 4.73. The van der Waals surface area contributed by atoms with Crippen LogP contribution in [0, 0.1) is 0 Å². The van der Waals surface area contributed by atoms with Gasteiger partial charge in [-0.3, -0.25) is 4.79 Å². The van der Waals surface area contributed by atoms with E-state index in [2.05, 4.69) is 5.32 Å². The topological polar surface area (TPSA) is 111 Å². The van der Waals surface area contributed by atoms with Crippen molar-refractivity contribution in [2.45, 2.75) is 17.9 Å². The van der Waals surface area contributed by atoms with Crippen LogP contribution in [0.25, 0.3) is 10.8 Å². The van der Waals surface area contributed by atoms with Crippen LogP contribution in [-0.4, -0.2) is 64.1 Å². The number of benzene rings is 3. The van der Waals surface area contributed by atoms with Crippen molar-refractivity contribution in [3.8, 4) is 5.75 Å². The maximum Gasteiger partial charge on any atom is 0.338 e. The van der Waals surface area contributed by atoms with E-state index >= 15 is 0 Å². The first kappa shape index (κ1) is 24.6. The fraction of sp³-hybridized carbons (Fsp3) is 0.280. The number of sulfonamides is 1. The van der Waals surface area contributed by atoms with Crippen LogP contribution in [0.5, 0.6) is 5.75 Å². The van der Waals surface area contributed by atoms with E-state index < -0.39 is 28.0 Å². The number of carbonyl (C=O) groups excluding carboxylic acids is 2. The Morgan fingerprint density at radius 2 is 1.71 bits per heavy atom. The van der Waals surface area contributed by atoms with Crippen LogP contribution in [0.3, 0.4) is 0 Å². The van der Waals surface area contributed by atoms with E-state index in [0.717, 1.165) is 10.8 Å². The van der Waals surface area contributed by atoms with Crippen molar-refractivity contribution in [3.63, 3.8) is 0 Å². The Labute approximate surface area is 203 Å². The maximum absolute atomic E-state index is 13.1. The highest BCUT2D eigenvalue weighted by Gasteiger charge is 2.30. The van der Waals surface area contributed by atoms with Crippen molar-refractivity contribution in [2.75, 3.05) is 38.7 Å². The third kappa shape index (κ3) is 5.45. The number of amides is 1. The molecular weight excluding hydrogens is 472 g/mol. The van der Waals surface area contributed by atoms with Gasteiger partial charge in [0.15, 0.2) is 6.10 Å². The summed E-state index contributed by atoms with van der Waals surface area (Å²) in [6.07, 6.45) is -1.12. The predicted octanol–water partition coefficient (Wildman–Crippen LogP) is 3.05. The lowest BCUT2D eigenvalue weighted by atomic mass is 10.1. The SMILES string of the molecule is COc1ccc(C(=O)OC(C)C(=O)Nc2ccc3ccccc3c2)cc1S(=O)(=O)N1CCOCC1. The van der Waals surface area contributed by atoms with E-state index in [4.69, 9.17) is 14.2 Å². The van der Waals surface area contributed by atoms with Crippen molar-refractivity contribution in [1.29, 1.82) is 0 Å². The van der Waals surface area contributed by atoms with E-state index in [-0.39, 0.29) is 42.5 Å². The van der Waals surface area contributed by atoms with Gasteiger partial charge in [-0.05, 0) is 48.0 Å². The molecule has 0 aromatic heterocycles. The van der Waals surface area contributed by atoms with E-state index in [1.165, 1.54) is 36.5 Å². The van der Waals surface area contributed by atoms with E-state index in [0.29, 0.717) is 5.69 Å². The van der Waals surface area contributed by atoms with Crippen LogP contribution in [0.1, 0.15) is 17.3 Å². The average Bonchev–Trinajstić information content (AvgIpc) is 2.88. The summed E-state index contributed by atoms with van der Waals surface area (Å²) < 4.78 is 43.3. The van der Waals surface area contributed by atoms with Crippen LogP contribution in [0.15, 0.2) is 65.6 Å². The van der Waals surface area contributed by atoms with Crippen molar-refractivity contribution < 1.29 is 32.2 Å². The lowest BCUT2D eigenvalue weighted by Gasteiger charge is -2.26. The maximum atomic E-state index is 13.1. The molecule has 3 aromatic rings. The van der Waals surface area contributed by atoms with Crippen LogP contribution >= 0.6 is 0 Å². The first-order chi connectivity index (χ1) is 16.8. The fourth-order valence-electron chi connectivity index (χ4n) is 3.72. The number of nitrogens with one attached hydrogen (secondary N) is 1. The Morgan fingerprint density at radius 1 is 1.00 bits per heavy atom. The van der Waals surface area contributed by atoms with Crippen LogP contribution in [0.2, 0.25) is 0 Å². The number of anilines is 1. The van der Waals surface area contributed by atoms with Gasteiger partial charge in [-0.25, -0.2) is 13.2 Å². The van der Waals surface area contributed by atoms with Gasteiger partial charge in [0.1, 0.15) is 10.6 Å². The standard InChI is InChI=1S/C25H26N2O7S/c1-17(24(28)26-21-9-7-18-5-3-4-6-19(18)15-21)34-25(29)20-8-10-22(32-2)23(16-20)35(30,31)27-11-13-33-14-12-27/h3-10,15-17H,11-14H2,1-2H3,(H,26,28). The third-order valence-electron chi connectivity index (χ3n) is 5.66. The number of morpholine rings is 1. The molecule has 1 heterocycles. The zero-order valence-electron chi connectivity index (χ0n) is 19.4. The summed E-state index contributed by atoms with van der Waals surface area (Å²) in [5.41, 5.74) is 0.558. The number of rotatable bonds is 7. The molecule has 35 heavy (non-hydrogen) atoms. The van der Waals surface area contributed by atoms with Gasteiger partial charge in [-0.2, -0.15) is 4.31 Å². The second-order valence-corrected chi connectivity index (χ2v) is 9.89. The number of nitrogens with zero attached hydrogens (tertiary/aromatic N) is 1. The minimum absolute atomic E-state index is 0.0111. The molecule has 1 fully saturated rings.